The summed E-state index contributed by atoms with van der Waals surface area (Å²) in [7, 11) is 2.81. The Morgan fingerprint density at radius 3 is 2.67 bits per heavy atom. The fourth-order valence-corrected chi connectivity index (χ4v) is 0.941. The molecule has 0 bridgehead atoms. The van der Waals surface area contributed by atoms with Crippen molar-refractivity contribution >= 4 is 11.7 Å². The molecule has 0 aliphatic rings. The molecule has 2 N–H and O–H groups in total. The predicted octanol–water partition coefficient (Wildman–Crippen LogP) is 0.563. The summed E-state index contributed by atoms with van der Waals surface area (Å²) in [4.78, 5) is 14.9. The average Bonchev–Trinajstić information content (AvgIpc) is 2.29. The van der Waals surface area contributed by atoms with E-state index in [2.05, 4.69) is 9.72 Å². The zero-order valence-corrected chi connectivity index (χ0v) is 8.56. The van der Waals surface area contributed by atoms with Crippen LogP contribution in [0.5, 0.6) is 5.88 Å². The van der Waals surface area contributed by atoms with Gasteiger partial charge in [0, 0.05) is 29.6 Å². The van der Waals surface area contributed by atoms with E-state index in [1.165, 1.54) is 26.5 Å². The Bertz CT molecular complexity index is 371. The first-order valence-corrected chi connectivity index (χ1v) is 4.23. The summed E-state index contributed by atoms with van der Waals surface area (Å²) >= 11 is 0. The number of pyridine rings is 1. The first-order chi connectivity index (χ1) is 7.17. The Morgan fingerprint density at radius 1 is 1.47 bits per heavy atom. The van der Waals surface area contributed by atoms with Crippen molar-refractivity contribution < 1.29 is 14.3 Å². The molecule has 0 amide bonds. The number of carbonyl (C=O) groups is 1. The first kappa shape index (κ1) is 11.0. The van der Waals surface area contributed by atoms with Crippen molar-refractivity contribution in [2.75, 3.05) is 14.2 Å². The maximum absolute atomic E-state index is 10.9. The van der Waals surface area contributed by atoms with Crippen LogP contribution in [0.1, 0.15) is 5.56 Å². The number of aromatic nitrogens is 1. The van der Waals surface area contributed by atoms with E-state index >= 15 is 0 Å². The summed E-state index contributed by atoms with van der Waals surface area (Å²) in [6.45, 7) is 0. The lowest BCUT2D eigenvalue weighted by molar-refractivity contribution is -0.134. The number of esters is 1. The van der Waals surface area contributed by atoms with E-state index in [0.29, 0.717) is 17.1 Å². The number of carbonyl (C=O) groups excluding carboxylic acids is 1. The van der Waals surface area contributed by atoms with Gasteiger partial charge in [-0.3, -0.25) is 0 Å². The third-order valence-electron chi connectivity index (χ3n) is 1.75. The van der Waals surface area contributed by atoms with E-state index in [4.69, 9.17) is 10.5 Å². The molecule has 1 rings (SSSR count). The van der Waals surface area contributed by atoms with Crippen molar-refractivity contribution in [3.63, 3.8) is 0 Å². The predicted molar refractivity (Wildman–Crippen MR) is 55.0 cm³/mol. The van der Waals surface area contributed by atoms with Gasteiger partial charge >= 0.3 is 5.97 Å². The topological polar surface area (TPSA) is 74.4 Å². The van der Waals surface area contributed by atoms with Crippen LogP contribution >= 0.6 is 0 Å². The van der Waals surface area contributed by atoms with Gasteiger partial charge in [0.2, 0.25) is 5.88 Å². The summed E-state index contributed by atoms with van der Waals surface area (Å²) < 4.78 is 9.33. The highest BCUT2D eigenvalue weighted by atomic mass is 16.5. The molecular formula is C10H12N2O3. The van der Waals surface area contributed by atoms with Crippen LogP contribution in [0.15, 0.2) is 24.4 Å². The summed E-state index contributed by atoms with van der Waals surface area (Å²) in [6.07, 6.45) is 2.72. The van der Waals surface area contributed by atoms with E-state index in [1.54, 1.807) is 12.1 Å². The first-order valence-electron chi connectivity index (χ1n) is 4.23. The number of nitrogens with zero attached hydrogens (tertiary/aromatic N) is 1. The van der Waals surface area contributed by atoms with E-state index in [0.717, 1.165) is 0 Å². The van der Waals surface area contributed by atoms with E-state index in [1.807, 2.05) is 0 Å². The lowest BCUT2D eigenvalue weighted by Gasteiger charge is -2.02. The monoisotopic (exact) mass is 208 g/mol. The maximum Gasteiger partial charge on any atom is 0.332 e. The zero-order chi connectivity index (χ0) is 11.3. The van der Waals surface area contributed by atoms with Crippen molar-refractivity contribution in [2.45, 2.75) is 0 Å². The quantitative estimate of drug-likeness (QED) is 0.580. The van der Waals surface area contributed by atoms with Gasteiger partial charge in [-0.2, -0.15) is 0 Å². The normalized spacial score (nSPS) is 10.9. The Labute approximate surface area is 87.5 Å². The molecule has 5 heteroatoms. The maximum atomic E-state index is 10.9. The molecule has 0 spiro atoms. The standard InChI is InChI=1S/C10H12N2O3/c1-14-9-4-3-7(6-12-9)8(11)5-10(13)15-2/h3-6H,11H2,1-2H3. The highest BCUT2D eigenvalue weighted by Gasteiger charge is 2.01. The fraction of sp³-hybridized carbons (Fsp3) is 0.200. The third-order valence-corrected chi connectivity index (χ3v) is 1.75. The molecule has 0 aliphatic heterocycles. The molecule has 5 nitrogen and oxygen atoms in total. The van der Waals surface area contributed by atoms with Crippen LogP contribution in [-0.4, -0.2) is 25.2 Å². The number of hydrogen-bond donors (Lipinski definition) is 1. The van der Waals surface area contributed by atoms with Gasteiger partial charge in [-0.25, -0.2) is 9.78 Å². The number of rotatable bonds is 3. The Morgan fingerprint density at radius 2 is 2.20 bits per heavy atom. The highest BCUT2D eigenvalue weighted by Crippen LogP contribution is 2.11. The minimum atomic E-state index is -0.497. The van der Waals surface area contributed by atoms with Gasteiger partial charge in [-0.1, -0.05) is 0 Å². The molecule has 80 valence electrons. The second-order valence-electron chi connectivity index (χ2n) is 2.71. The smallest absolute Gasteiger partial charge is 0.332 e. The van der Waals surface area contributed by atoms with Crippen molar-refractivity contribution in [1.29, 1.82) is 0 Å². The Hall–Kier alpha value is -2.04. The molecule has 0 radical (unpaired) electrons. The summed E-state index contributed by atoms with van der Waals surface area (Å²) in [5.74, 6) is -0.00654. The minimum absolute atomic E-state index is 0.303. The van der Waals surface area contributed by atoms with Crippen LogP contribution in [-0.2, 0) is 9.53 Å². The van der Waals surface area contributed by atoms with Gasteiger partial charge in [0.05, 0.1) is 14.2 Å². The lowest BCUT2D eigenvalue weighted by Crippen LogP contribution is -2.03. The second kappa shape index (κ2) is 4.99. The van der Waals surface area contributed by atoms with Crippen LogP contribution in [0.4, 0.5) is 0 Å². The van der Waals surface area contributed by atoms with Gasteiger partial charge in [-0.15, -0.1) is 0 Å². The lowest BCUT2D eigenvalue weighted by atomic mass is 10.2. The Kier molecular flexibility index (Phi) is 3.68. The third kappa shape index (κ3) is 2.98. The molecule has 15 heavy (non-hydrogen) atoms. The van der Waals surface area contributed by atoms with E-state index < -0.39 is 5.97 Å². The van der Waals surface area contributed by atoms with Gasteiger partial charge in [0.1, 0.15) is 0 Å². The molecular weight excluding hydrogens is 196 g/mol. The number of ether oxygens (including phenoxy) is 2. The van der Waals surface area contributed by atoms with Gasteiger partial charge in [0.25, 0.3) is 0 Å². The molecule has 1 heterocycles. The Balaban J connectivity index is 2.87. The second-order valence-corrected chi connectivity index (χ2v) is 2.71. The van der Waals surface area contributed by atoms with Crippen LogP contribution in [0.3, 0.4) is 0 Å². The molecule has 0 saturated heterocycles. The average molecular weight is 208 g/mol. The van der Waals surface area contributed by atoms with Crippen LogP contribution < -0.4 is 10.5 Å². The molecule has 0 aliphatic carbocycles. The number of nitrogens with two attached hydrogens (primary N) is 1. The largest absolute Gasteiger partial charge is 0.481 e. The number of hydrogen-bond acceptors (Lipinski definition) is 5. The fourth-order valence-electron chi connectivity index (χ4n) is 0.941. The minimum Gasteiger partial charge on any atom is -0.481 e. The summed E-state index contributed by atoms with van der Waals surface area (Å²) in [6, 6.07) is 3.37. The van der Waals surface area contributed by atoms with Crippen LogP contribution in [0, 0.1) is 0 Å². The summed E-state index contributed by atoms with van der Waals surface area (Å²) in [5.41, 5.74) is 6.59. The van der Waals surface area contributed by atoms with E-state index in [-0.39, 0.29) is 0 Å². The van der Waals surface area contributed by atoms with Crippen molar-refractivity contribution in [3.05, 3.63) is 30.0 Å². The van der Waals surface area contributed by atoms with Gasteiger partial charge in [0.15, 0.2) is 0 Å². The van der Waals surface area contributed by atoms with Crippen LogP contribution in [0.2, 0.25) is 0 Å². The van der Waals surface area contributed by atoms with E-state index in [9.17, 15) is 4.79 Å². The molecule has 0 atom stereocenters. The number of methoxy groups -OCH3 is 2. The van der Waals surface area contributed by atoms with Gasteiger partial charge in [-0.05, 0) is 6.07 Å². The molecule has 0 unspecified atom stereocenters. The summed E-state index contributed by atoms with van der Waals surface area (Å²) in [5, 5.41) is 0. The van der Waals surface area contributed by atoms with Crippen molar-refractivity contribution in [2.24, 2.45) is 5.73 Å². The molecule has 0 saturated carbocycles. The molecule has 0 fully saturated rings. The SMILES string of the molecule is COC(=O)C=C(N)c1ccc(OC)nc1. The molecule has 1 aromatic heterocycles. The molecule has 1 aromatic rings. The van der Waals surface area contributed by atoms with Crippen LogP contribution in [0.25, 0.3) is 5.70 Å². The van der Waals surface area contributed by atoms with Gasteiger partial charge < -0.3 is 15.2 Å². The van der Waals surface area contributed by atoms with Crippen molar-refractivity contribution in [3.8, 4) is 5.88 Å². The zero-order valence-electron chi connectivity index (χ0n) is 8.56. The van der Waals surface area contributed by atoms with Crippen molar-refractivity contribution in [1.82, 2.24) is 4.98 Å². The molecule has 0 aromatic carbocycles. The highest BCUT2D eigenvalue weighted by molar-refractivity contribution is 5.90.